The molecule has 7 nitrogen and oxygen atoms in total. The van der Waals surface area contributed by atoms with Crippen molar-refractivity contribution in [1.29, 1.82) is 0 Å². The van der Waals surface area contributed by atoms with Crippen LogP contribution >= 0.6 is 11.6 Å². The molecule has 0 aliphatic heterocycles. The maximum absolute atomic E-state index is 12.3. The van der Waals surface area contributed by atoms with Crippen LogP contribution in [0.1, 0.15) is 36.9 Å². The van der Waals surface area contributed by atoms with Crippen molar-refractivity contribution in [3.05, 3.63) is 64.7 Å². The van der Waals surface area contributed by atoms with Crippen molar-refractivity contribution in [3.8, 4) is 0 Å². The first-order valence-corrected chi connectivity index (χ1v) is 11.4. The van der Waals surface area contributed by atoms with Gasteiger partial charge in [-0.15, -0.1) is 0 Å². The Morgan fingerprint density at radius 1 is 1.17 bits per heavy atom. The normalized spacial score (nSPS) is 16.9. The standard InChI is InChI=1S/C21H23ClN2O5S/c1-14(24-30(27,28)17-11-9-16(22)10-12-17)21(26)29-13-20(25)23-19-8-4-6-15-5-2-3-7-18(15)19/h2-3,5,7,9-12,14,19,24H,4,6,8,13H2,1H3,(H,23,25). The topological polar surface area (TPSA) is 102 Å². The first kappa shape index (κ1) is 22.3. The van der Waals surface area contributed by atoms with Gasteiger partial charge in [-0.2, -0.15) is 4.72 Å². The molecule has 2 atom stereocenters. The second kappa shape index (κ2) is 9.59. The van der Waals surface area contributed by atoms with Gasteiger partial charge in [0.05, 0.1) is 10.9 Å². The summed E-state index contributed by atoms with van der Waals surface area (Å²) in [7, 11) is -3.93. The molecule has 2 aromatic carbocycles. The molecule has 2 N–H and O–H groups in total. The number of fused-ring (bicyclic) bond motifs is 1. The Morgan fingerprint density at radius 3 is 2.60 bits per heavy atom. The molecule has 1 aliphatic rings. The van der Waals surface area contributed by atoms with Gasteiger partial charge in [-0.25, -0.2) is 8.42 Å². The highest BCUT2D eigenvalue weighted by molar-refractivity contribution is 7.89. The fourth-order valence-corrected chi connectivity index (χ4v) is 4.68. The van der Waals surface area contributed by atoms with Gasteiger partial charge in [-0.1, -0.05) is 35.9 Å². The van der Waals surface area contributed by atoms with Crippen LogP contribution in [0.5, 0.6) is 0 Å². The van der Waals surface area contributed by atoms with Gasteiger partial charge >= 0.3 is 5.97 Å². The minimum absolute atomic E-state index is 0.0275. The number of halogens is 1. The van der Waals surface area contributed by atoms with Crippen molar-refractivity contribution in [2.75, 3.05) is 6.61 Å². The van der Waals surface area contributed by atoms with Crippen molar-refractivity contribution in [1.82, 2.24) is 10.0 Å². The van der Waals surface area contributed by atoms with Gasteiger partial charge in [0.25, 0.3) is 5.91 Å². The van der Waals surface area contributed by atoms with E-state index in [4.69, 9.17) is 16.3 Å². The number of amides is 1. The van der Waals surface area contributed by atoms with E-state index in [1.807, 2.05) is 24.3 Å². The molecule has 0 saturated heterocycles. The van der Waals surface area contributed by atoms with Gasteiger partial charge in [0.2, 0.25) is 10.0 Å². The van der Waals surface area contributed by atoms with Gasteiger partial charge in [-0.05, 0) is 61.6 Å². The van der Waals surface area contributed by atoms with E-state index in [0.717, 1.165) is 24.8 Å². The number of esters is 1. The summed E-state index contributed by atoms with van der Waals surface area (Å²) in [5.41, 5.74) is 2.28. The lowest BCUT2D eigenvalue weighted by Gasteiger charge is -2.26. The van der Waals surface area contributed by atoms with Gasteiger partial charge in [0.1, 0.15) is 6.04 Å². The molecule has 9 heteroatoms. The predicted octanol–water partition coefficient (Wildman–Crippen LogP) is 2.74. The molecule has 0 bridgehead atoms. The SMILES string of the molecule is CC(NS(=O)(=O)c1ccc(Cl)cc1)C(=O)OCC(=O)NC1CCCc2ccccc21. The van der Waals surface area contributed by atoms with Crippen molar-refractivity contribution in [2.45, 2.75) is 43.2 Å². The van der Waals surface area contributed by atoms with Gasteiger partial charge < -0.3 is 10.1 Å². The van der Waals surface area contributed by atoms with Gasteiger partial charge in [0.15, 0.2) is 6.61 Å². The number of hydrogen-bond acceptors (Lipinski definition) is 5. The lowest BCUT2D eigenvalue weighted by Crippen LogP contribution is -2.41. The zero-order valence-electron chi connectivity index (χ0n) is 16.4. The fraction of sp³-hybridized carbons (Fsp3) is 0.333. The minimum Gasteiger partial charge on any atom is -0.454 e. The summed E-state index contributed by atoms with van der Waals surface area (Å²) in [6, 6.07) is 12.2. The highest BCUT2D eigenvalue weighted by Crippen LogP contribution is 2.29. The largest absolute Gasteiger partial charge is 0.454 e. The van der Waals surface area contributed by atoms with E-state index >= 15 is 0 Å². The minimum atomic E-state index is -3.93. The molecule has 0 aromatic heterocycles. The third-order valence-electron chi connectivity index (χ3n) is 4.86. The Balaban J connectivity index is 1.51. The molecule has 0 spiro atoms. The van der Waals surface area contributed by atoms with Crippen LogP contribution in [0, 0.1) is 0 Å². The maximum atomic E-state index is 12.3. The summed E-state index contributed by atoms with van der Waals surface area (Å²) >= 11 is 5.76. The van der Waals surface area contributed by atoms with Gasteiger partial charge in [-0.3, -0.25) is 9.59 Å². The van der Waals surface area contributed by atoms with Crippen LogP contribution < -0.4 is 10.0 Å². The smallest absolute Gasteiger partial charge is 0.324 e. The number of benzene rings is 2. The molecule has 160 valence electrons. The average Bonchev–Trinajstić information content (AvgIpc) is 2.72. The summed E-state index contributed by atoms with van der Waals surface area (Å²) in [4.78, 5) is 24.4. The maximum Gasteiger partial charge on any atom is 0.324 e. The molecular formula is C21H23ClN2O5S. The third kappa shape index (κ3) is 5.59. The van der Waals surface area contributed by atoms with E-state index in [-0.39, 0.29) is 10.9 Å². The molecule has 0 fully saturated rings. The molecule has 2 aromatic rings. The zero-order valence-corrected chi connectivity index (χ0v) is 18.0. The quantitative estimate of drug-likeness (QED) is 0.631. The second-order valence-corrected chi connectivity index (χ2v) is 9.27. The van der Waals surface area contributed by atoms with E-state index < -0.39 is 34.5 Å². The van der Waals surface area contributed by atoms with Gasteiger partial charge in [0, 0.05) is 5.02 Å². The predicted molar refractivity (Wildman–Crippen MR) is 112 cm³/mol. The number of sulfonamides is 1. The van der Waals surface area contributed by atoms with Crippen LogP contribution in [-0.4, -0.2) is 32.9 Å². The van der Waals surface area contributed by atoms with Crippen LogP contribution in [-0.2, 0) is 30.8 Å². The Kier molecular flexibility index (Phi) is 7.12. The van der Waals surface area contributed by atoms with E-state index in [1.165, 1.54) is 36.8 Å². The summed E-state index contributed by atoms with van der Waals surface area (Å²) in [6.45, 7) is 0.871. The summed E-state index contributed by atoms with van der Waals surface area (Å²) in [5.74, 6) is -1.27. The van der Waals surface area contributed by atoms with E-state index in [1.54, 1.807) is 0 Å². The van der Waals surface area contributed by atoms with Crippen molar-refractivity contribution < 1.29 is 22.7 Å². The molecule has 0 heterocycles. The Labute approximate surface area is 180 Å². The molecule has 0 radical (unpaired) electrons. The molecule has 1 amide bonds. The zero-order chi connectivity index (χ0) is 21.7. The summed E-state index contributed by atoms with van der Waals surface area (Å²) < 4.78 is 31.9. The number of aryl methyl sites for hydroxylation is 1. The van der Waals surface area contributed by atoms with E-state index in [9.17, 15) is 18.0 Å². The molecule has 1 aliphatic carbocycles. The number of rotatable bonds is 7. The monoisotopic (exact) mass is 450 g/mol. The van der Waals surface area contributed by atoms with Crippen LogP contribution in [0.4, 0.5) is 0 Å². The molecule has 30 heavy (non-hydrogen) atoms. The highest BCUT2D eigenvalue weighted by Gasteiger charge is 2.25. The van der Waals surface area contributed by atoms with E-state index in [0.29, 0.717) is 5.02 Å². The fourth-order valence-electron chi connectivity index (χ4n) is 3.36. The Bertz CT molecular complexity index is 1020. The highest BCUT2D eigenvalue weighted by atomic mass is 35.5. The third-order valence-corrected chi connectivity index (χ3v) is 6.67. The van der Waals surface area contributed by atoms with Crippen LogP contribution in [0.2, 0.25) is 5.02 Å². The molecule has 3 rings (SSSR count). The lowest BCUT2D eigenvalue weighted by atomic mass is 9.88. The van der Waals surface area contributed by atoms with Crippen LogP contribution in [0.15, 0.2) is 53.4 Å². The lowest BCUT2D eigenvalue weighted by molar-refractivity contribution is -0.150. The number of carbonyl (C=O) groups is 2. The Hall–Kier alpha value is -2.42. The number of carbonyl (C=O) groups excluding carboxylic acids is 2. The second-order valence-electron chi connectivity index (χ2n) is 7.12. The first-order chi connectivity index (χ1) is 14.3. The van der Waals surface area contributed by atoms with Crippen LogP contribution in [0.3, 0.4) is 0 Å². The van der Waals surface area contributed by atoms with Crippen molar-refractivity contribution >= 4 is 33.5 Å². The van der Waals surface area contributed by atoms with E-state index in [2.05, 4.69) is 10.0 Å². The Morgan fingerprint density at radius 2 is 1.87 bits per heavy atom. The average molecular weight is 451 g/mol. The summed E-state index contributed by atoms with van der Waals surface area (Å²) in [6.07, 6.45) is 2.75. The molecule has 0 saturated carbocycles. The molecule has 2 unspecified atom stereocenters. The molecular weight excluding hydrogens is 428 g/mol. The number of ether oxygens (including phenoxy) is 1. The first-order valence-electron chi connectivity index (χ1n) is 9.58. The van der Waals surface area contributed by atoms with Crippen molar-refractivity contribution in [3.63, 3.8) is 0 Å². The van der Waals surface area contributed by atoms with Crippen LogP contribution in [0.25, 0.3) is 0 Å². The van der Waals surface area contributed by atoms with Crippen molar-refractivity contribution in [2.24, 2.45) is 0 Å². The number of hydrogen-bond donors (Lipinski definition) is 2. The summed E-state index contributed by atoms with van der Waals surface area (Å²) in [5, 5.41) is 3.28. The number of nitrogens with one attached hydrogen (secondary N) is 2.